The summed E-state index contributed by atoms with van der Waals surface area (Å²) in [5, 5.41) is 9.21. The summed E-state index contributed by atoms with van der Waals surface area (Å²) in [5.41, 5.74) is 6.99. The maximum absolute atomic E-state index is 9.21. The van der Waals surface area contributed by atoms with E-state index in [0.29, 0.717) is 0 Å². The van der Waals surface area contributed by atoms with Crippen LogP contribution in [0.2, 0.25) is 0 Å². The Morgan fingerprint density at radius 1 is 1.35 bits per heavy atom. The second kappa shape index (κ2) is 7.04. The minimum atomic E-state index is -0.383. The molecular formula is C14H23NOS. The summed E-state index contributed by atoms with van der Waals surface area (Å²) in [6.07, 6.45) is 2.77. The van der Waals surface area contributed by atoms with Gasteiger partial charge in [-0.15, -0.1) is 11.8 Å². The summed E-state index contributed by atoms with van der Waals surface area (Å²) in [6.45, 7) is 4.25. The molecule has 0 bridgehead atoms. The normalized spacial score (nSPS) is 14.6. The van der Waals surface area contributed by atoms with Gasteiger partial charge in [-0.2, -0.15) is 0 Å². The Kier molecular flexibility index (Phi) is 6.03. The van der Waals surface area contributed by atoms with Crippen molar-refractivity contribution < 1.29 is 5.11 Å². The van der Waals surface area contributed by atoms with Gasteiger partial charge in [0.05, 0.1) is 6.61 Å². The SMILES string of the molecule is CCC(N)(CO)CCCSc1ccccc1C. The number of rotatable bonds is 7. The molecule has 2 nitrogen and oxygen atoms in total. The maximum atomic E-state index is 9.21. The van der Waals surface area contributed by atoms with Crippen molar-refractivity contribution in [1.29, 1.82) is 0 Å². The Balaban J connectivity index is 2.32. The zero-order valence-corrected chi connectivity index (χ0v) is 11.6. The molecular weight excluding hydrogens is 230 g/mol. The van der Waals surface area contributed by atoms with Crippen LogP contribution in [0.25, 0.3) is 0 Å². The molecule has 0 spiro atoms. The number of hydrogen-bond donors (Lipinski definition) is 2. The third-order valence-electron chi connectivity index (χ3n) is 3.19. The summed E-state index contributed by atoms with van der Waals surface area (Å²) >= 11 is 1.87. The Labute approximate surface area is 109 Å². The van der Waals surface area contributed by atoms with E-state index in [1.165, 1.54) is 10.5 Å². The van der Waals surface area contributed by atoms with Gasteiger partial charge in [0.2, 0.25) is 0 Å². The number of aryl methyl sites for hydroxylation is 1. The van der Waals surface area contributed by atoms with E-state index < -0.39 is 0 Å². The second-order valence-electron chi connectivity index (χ2n) is 4.59. The lowest BCUT2D eigenvalue weighted by molar-refractivity contribution is 0.182. The summed E-state index contributed by atoms with van der Waals surface area (Å²) < 4.78 is 0. The molecule has 0 radical (unpaired) electrons. The monoisotopic (exact) mass is 253 g/mol. The molecule has 1 unspecified atom stereocenters. The first-order valence-electron chi connectivity index (χ1n) is 6.19. The Hall–Kier alpha value is -0.510. The molecule has 1 aromatic rings. The predicted octanol–water partition coefficient (Wildman–Crippen LogP) is 2.97. The molecule has 1 aromatic carbocycles. The number of aliphatic hydroxyl groups excluding tert-OH is 1. The average molecular weight is 253 g/mol. The Morgan fingerprint density at radius 2 is 2.06 bits per heavy atom. The topological polar surface area (TPSA) is 46.2 Å². The number of thioether (sulfide) groups is 1. The fourth-order valence-electron chi connectivity index (χ4n) is 1.69. The molecule has 0 aliphatic rings. The molecule has 0 saturated heterocycles. The van der Waals surface area contributed by atoms with Crippen LogP contribution in [0.5, 0.6) is 0 Å². The van der Waals surface area contributed by atoms with Gasteiger partial charge in [-0.05, 0) is 43.6 Å². The van der Waals surface area contributed by atoms with Crippen LogP contribution in [0.3, 0.4) is 0 Å². The number of aliphatic hydroxyl groups is 1. The van der Waals surface area contributed by atoms with E-state index in [-0.39, 0.29) is 12.1 Å². The van der Waals surface area contributed by atoms with Crippen molar-refractivity contribution in [2.45, 2.75) is 43.5 Å². The zero-order chi connectivity index (χ0) is 12.7. The fourth-order valence-corrected chi connectivity index (χ4v) is 2.67. The molecule has 3 N–H and O–H groups in total. The van der Waals surface area contributed by atoms with Gasteiger partial charge in [0.15, 0.2) is 0 Å². The van der Waals surface area contributed by atoms with Crippen LogP contribution < -0.4 is 5.73 Å². The Bertz CT molecular complexity index is 337. The van der Waals surface area contributed by atoms with E-state index in [1.807, 2.05) is 18.7 Å². The summed E-state index contributed by atoms with van der Waals surface area (Å²) in [5.74, 6) is 1.06. The molecule has 96 valence electrons. The predicted molar refractivity (Wildman–Crippen MR) is 75.4 cm³/mol. The van der Waals surface area contributed by atoms with Gasteiger partial charge in [0, 0.05) is 10.4 Å². The van der Waals surface area contributed by atoms with E-state index in [0.717, 1.165) is 25.0 Å². The van der Waals surface area contributed by atoms with Crippen molar-refractivity contribution in [3.05, 3.63) is 29.8 Å². The maximum Gasteiger partial charge on any atom is 0.0611 e. The molecule has 17 heavy (non-hydrogen) atoms. The highest BCUT2D eigenvalue weighted by Crippen LogP contribution is 2.24. The quantitative estimate of drug-likeness (QED) is 0.580. The number of benzene rings is 1. The first-order valence-corrected chi connectivity index (χ1v) is 7.18. The van der Waals surface area contributed by atoms with Gasteiger partial charge in [-0.25, -0.2) is 0 Å². The molecule has 0 fully saturated rings. The lowest BCUT2D eigenvalue weighted by Gasteiger charge is -2.25. The van der Waals surface area contributed by atoms with E-state index in [4.69, 9.17) is 5.73 Å². The van der Waals surface area contributed by atoms with Crippen LogP contribution in [0.1, 0.15) is 31.7 Å². The minimum Gasteiger partial charge on any atom is -0.394 e. The fraction of sp³-hybridized carbons (Fsp3) is 0.571. The molecule has 0 aliphatic heterocycles. The molecule has 0 aromatic heterocycles. The molecule has 3 heteroatoms. The largest absolute Gasteiger partial charge is 0.394 e. The summed E-state index contributed by atoms with van der Waals surface area (Å²) in [6, 6.07) is 8.42. The summed E-state index contributed by atoms with van der Waals surface area (Å²) in [4.78, 5) is 1.34. The van der Waals surface area contributed by atoms with E-state index in [1.54, 1.807) is 0 Å². The van der Waals surface area contributed by atoms with Crippen molar-refractivity contribution in [2.75, 3.05) is 12.4 Å². The van der Waals surface area contributed by atoms with Crippen molar-refractivity contribution in [2.24, 2.45) is 5.73 Å². The number of nitrogens with two attached hydrogens (primary N) is 1. The first-order chi connectivity index (χ1) is 8.11. The highest BCUT2D eigenvalue weighted by atomic mass is 32.2. The van der Waals surface area contributed by atoms with Crippen LogP contribution in [-0.2, 0) is 0 Å². The van der Waals surface area contributed by atoms with Crippen molar-refractivity contribution in [3.63, 3.8) is 0 Å². The summed E-state index contributed by atoms with van der Waals surface area (Å²) in [7, 11) is 0. The zero-order valence-electron chi connectivity index (χ0n) is 10.8. The van der Waals surface area contributed by atoms with Gasteiger partial charge in [-0.1, -0.05) is 25.1 Å². The highest BCUT2D eigenvalue weighted by molar-refractivity contribution is 7.99. The van der Waals surface area contributed by atoms with Crippen molar-refractivity contribution in [3.8, 4) is 0 Å². The third-order valence-corrected chi connectivity index (χ3v) is 4.45. The minimum absolute atomic E-state index is 0.0819. The smallest absolute Gasteiger partial charge is 0.0611 e. The number of hydrogen-bond acceptors (Lipinski definition) is 3. The molecule has 0 saturated carbocycles. The van der Waals surface area contributed by atoms with Crippen LogP contribution in [0.4, 0.5) is 0 Å². The molecule has 0 heterocycles. The molecule has 1 atom stereocenters. The first kappa shape index (κ1) is 14.6. The van der Waals surface area contributed by atoms with Gasteiger partial charge < -0.3 is 10.8 Å². The molecule has 1 rings (SSSR count). The lowest BCUT2D eigenvalue weighted by atomic mass is 9.93. The van der Waals surface area contributed by atoms with Crippen LogP contribution >= 0.6 is 11.8 Å². The average Bonchev–Trinajstić information content (AvgIpc) is 2.36. The third kappa shape index (κ3) is 4.70. The van der Waals surface area contributed by atoms with E-state index >= 15 is 0 Å². The molecule has 0 amide bonds. The van der Waals surface area contributed by atoms with Crippen LogP contribution in [0, 0.1) is 6.92 Å². The highest BCUT2D eigenvalue weighted by Gasteiger charge is 2.20. The van der Waals surface area contributed by atoms with Crippen molar-refractivity contribution >= 4 is 11.8 Å². The van der Waals surface area contributed by atoms with Gasteiger partial charge in [0.1, 0.15) is 0 Å². The van der Waals surface area contributed by atoms with E-state index in [2.05, 4.69) is 31.2 Å². The van der Waals surface area contributed by atoms with Crippen molar-refractivity contribution in [1.82, 2.24) is 0 Å². The van der Waals surface area contributed by atoms with Crippen LogP contribution in [0.15, 0.2) is 29.2 Å². The standard InChI is InChI=1S/C14H23NOS/c1-3-14(15,11-16)9-6-10-17-13-8-5-4-7-12(13)2/h4-5,7-8,16H,3,6,9-11,15H2,1-2H3. The van der Waals surface area contributed by atoms with Gasteiger partial charge in [0.25, 0.3) is 0 Å². The lowest BCUT2D eigenvalue weighted by Crippen LogP contribution is -2.42. The van der Waals surface area contributed by atoms with Gasteiger partial charge >= 0.3 is 0 Å². The molecule has 0 aliphatic carbocycles. The van der Waals surface area contributed by atoms with Crippen LogP contribution in [-0.4, -0.2) is 23.0 Å². The Morgan fingerprint density at radius 3 is 2.65 bits per heavy atom. The van der Waals surface area contributed by atoms with E-state index in [9.17, 15) is 5.11 Å². The van der Waals surface area contributed by atoms with Gasteiger partial charge in [-0.3, -0.25) is 0 Å². The second-order valence-corrected chi connectivity index (χ2v) is 5.73.